The number of aliphatic hydroxyl groups is 2. The minimum absolute atomic E-state index is 0.000368. The predicted octanol–water partition coefficient (Wildman–Crippen LogP) is 11.7. The van der Waals surface area contributed by atoms with Crippen LogP contribution in [0.25, 0.3) is 22.7 Å². The molecule has 7 heterocycles. The number of phenolic OH excluding ortho intramolecular Hbond substituents is 3. The Kier molecular flexibility index (Phi) is 14.6. The van der Waals surface area contributed by atoms with Crippen LogP contribution >= 0.6 is 0 Å². The number of hydrogen-bond donors (Lipinski definition) is 7. The van der Waals surface area contributed by atoms with E-state index in [1.54, 1.807) is 31.4 Å². The number of aryl methyl sites for hydroxylation is 3. The van der Waals surface area contributed by atoms with Gasteiger partial charge in [0.15, 0.2) is 11.5 Å². The van der Waals surface area contributed by atoms with Crippen LogP contribution in [0.5, 0.6) is 23.0 Å². The van der Waals surface area contributed by atoms with Gasteiger partial charge in [0.2, 0.25) is 0 Å². The number of dihydropyridines is 1. The summed E-state index contributed by atoms with van der Waals surface area (Å²) in [6, 6.07) is 26.8. The minimum Gasteiger partial charge on any atom is -0.508 e. The average Bonchev–Trinajstić information content (AvgIpc) is 0.765. The Morgan fingerprint density at radius 1 is 0.837 bits per heavy atom. The van der Waals surface area contributed by atoms with Crippen LogP contribution in [0.4, 0.5) is 0 Å². The second-order valence-corrected chi connectivity index (χ2v) is 26.3. The Hall–Kier alpha value is -7.08. The van der Waals surface area contributed by atoms with Crippen molar-refractivity contribution in [3.63, 3.8) is 0 Å². The molecule has 5 aliphatic carbocycles. The van der Waals surface area contributed by atoms with Gasteiger partial charge in [0.05, 0.1) is 37.8 Å². The molecule has 1 spiro atoms. The largest absolute Gasteiger partial charge is 0.508 e. The number of aromatic hydroxyl groups is 3. The SMILES string of the molecule is COCNC1C=C2C#CC(CCc3ccc(O)c(Cc4cccc(O)c4)c3)CCC3C=CC4OC3CC(O)C3C=Cc5c(c(CO)cc(O)c5OCc5cc(C67c8c9cccc8CCC6C6(CCCCC6)OCC7CC9)cc6cn(cc56)C(=C24)N1)C3. The second kappa shape index (κ2) is 22.6. The highest BCUT2D eigenvalue weighted by Gasteiger charge is 2.63. The summed E-state index contributed by atoms with van der Waals surface area (Å²) in [4.78, 5) is 0. The van der Waals surface area contributed by atoms with Crippen molar-refractivity contribution in [2.45, 2.75) is 151 Å². The molecule has 1 saturated heterocycles. The number of methoxy groups -OCH3 is 1. The molecular weight excluding hydrogens is 1070 g/mol. The molecule has 11 aliphatic rings. The van der Waals surface area contributed by atoms with Crippen molar-refractivity contribution < 1.29 is 44.5 Å². The first-order valence-corrected chi connectivity index (χ1v) is 31.8. The minimum atomic E-state index is -0.788. The van der Waals surface area contributed by atoms with Gasteiger partial charge < -0.3 is 54.4 Å². The summed E-state index contributed by atoms with van der Waals surface area (Å²) < 4.78 is 29.8. The highest BCUT2D eigenvalue weighted by molar-refractivity contribution is 5.89. The molecule has 444 valence electrons. The van der Waals surface area contributed by atoms with E-state index in [0.29, 0.717) is 43.2 Å². The number of phenols is 3. The maximum Gasteiger partial charge on any atom is 0.168 e. The zero-order valence-corrected chi connectivity index (χ0v) is 49.2. The lowest BCUT2D eigenvalue weighted by molar-refractivity contribution is -0.193. The number of benzene rings is 5. The van der Waals surface area contributed by atoms with Gasteiger partial charge in [-0.25, -0.2) is 0 Å². The van der Waals surface area contributed by atoms with Gasteiger partial charge in [-0.05, 0) is 169 Å². The molecule has 10 unspecified atom stereocenters. The fourth-order valence-corrected chi connectivity index (χ4v) is 17.4. The quantitative estimate of drug-likeness (QED) is 0.0396. The Labute approximate surface area is 504 Å². The normalized spacial score (nSPS) is 28.5. The van der Waals surface area contributed by atoms with Gasteiger partial charge >= 0.3 is 0 Å². The van der Waals surface area contributed by atoms with Gasteiger partial charge in [0.25, 0.3) is 0 Å². The van der Waals surface area contributed by atoms with Crippen molar-refractivity contribution in [1.82, 2.24) is 15.2 Å². The highest BCUT2D eigenvalue weighted by Crippen LogP contribution is 2.64. The fourth-order valence-electron chi connectivity index (χ4n) is 17.4. The molecule has 1 saturated carbocycles. The Morgan fingerprint density at radius 3 is 2.55 bits per heavy atom. The van der Waals surface area contributed by atoms with Crippen LogP contribution in [-0.4, -0.2) is 80.6 Å². The summed E-state index contributed by atoms with van der Waals surface area (Å²) >= 11 is 0. The maximum absolute atomic E-state index is 12.6. The number of rotatable bonds is 10. The number of aliphatic hydroxyl groups excluding tert-OH is 2. The lowest BCUT2D eigenvalue weighted by atomic mass is 9.45. The third-order valence-electron chi connectivity index (χ3n) is 21.5. The average molecular weight is 1150 g/mol. The van der Waals surface area contributed by atoms with Crippen LogP contribution in [0.1, 0.15) is 132 Å². The molecule has 6 aromatic rings. The molecule has 10 atom stereocenters. The van der Waals surface area contributed by atoms with Crippen LogP contribution in [-0.2, 0) is 64.9 Å². The van der Waals surface area contributed by atoms with Gasteiger partial charge in [0, 0.05) is 88.9 Å². The predicted molar refractivity (Wildman–Crippen MR) is 332 cm³/mol. The number of fused-ring (bicyclic) bond motifs is 6. The molecule has 17 rings (SSSR count). The third-order valence-corrected chi connectivity index (χ3v) is 21.5. The standard InChI is InChI=1S/C74H79N3O9/c1-83-43-75-68-36-51-17-14-44(11-12-45-15-24-62(80)52(29-45)30-46-7-5-10-58(79)31-46)13-16-47-20-25-65-69(51)72(76-68)77-38-53-32-57(74-56-22-18-48-8-6-9-49(70(48)74)21-26-67(74)73(85-42-56)27-3-2-4-28-73)33-55(61(53)39-77)41-84-71-59-23-19-50(63(81)37-66(47)86-65)34-60(59)54(40-78)35-64(71)82/h5-10,15,19-20,23-25,29,31-33,35-36,38-39,44,47,50,56,63,65-68,75-76,78-82H,2-4,11-13,16,18,21-22,26-28,30,34,37,40-43H2,1H3. The summed E-state index contributed by atoms with van der Waals surface area (Å²) in [5.74, 6) is 9.54. The molecular formula is C74H79N3O9. The molecule has 1 aromatic heterocycles. The van der Waals surface area contributed by atoms with Gasteiger partial charge in [0.1, 0.15) is 36.2 Å². The number of hydrogen-bond acceptors (Lipinski definition) is 11. The summed E-state index contributed by atoms with van der Waals surface area (Å²) in [7, 11) is 1.69. The summed E-state index contributed by atoms with van der Waals surface area (Å²) in [5, 5.41) is 66.3. The van der Waals surface area contributed by atoms with Gasteiger partial charge in [-0.15, -0.1) is 0 Å². The molecule has 12 nitrogen and oxygen atoms in total. The second-order valence-electron chi connectivity index (χ2n) is 26.3. The molecule has 0 amide bonds. The van der Waals surface area contributed by atoms with Crippen LogP contribution in [0.3, 0.4) is 0 Å². The van der Waals surface area contributed by atoms with Gasteiger partial charge in [-0.2, -0.15) is 0 Å². The fraction of sp³-hybridized carbons (Fsp3) is 0.432. The van der Waals surface area contributed by atoms with E-state index in [2.05, 4.69) is 100 Å². The van der Waals surface area contributed by atoms with Crippen LogP contribution in [0, 0.1) is 41.4 Å². The molecule has 12 heteroatoms. The first-order valence-electron chi connectivity index (χ1n) is 31.8. The zero-order chi connectivity index (χ0) is 58.3. The van der Waals surface area contributed by atoms with Gasteiger partial charge in [-0.3, -0.25) is 5.32 Å². The summed E-state index contributed by atoms with van der Waals surface area (Å²) in [5.41, 5.74) is 13.1. The van der Waals surface area contributed by atoms with Crippen LogP contribution in [0.2, 0.25) is 0 Å². The van der Waals surface area contributed by atoms with E-state index in [4.69, 9.17) is 18.9 Å². The molecule has 2 fully saturated rings. The van der Waals surface area contributed by atoms with Crippen molar-refractivity contribution in [3.05, 3.63) is 188 Å². The van der Waals surface area contributed by atoms with Crippen molar-refractivity contribution in [1.29, 1.82) is 0 Å². The van der Waals surface area contributed by atoms with Crippen molar-refractivity contribution in [2.24, 2.45) is 29.6 Å². The maximum atomic E-state index is 12.6. The Balaban J connectivity index is 0.905. The number of aromatic nitrogens is 1. The lowest BCUT2D eigenvalue weighted by Gasteiger charge is -2.63. The van der Waals surface area contributed by atoms with E-state index in [0.717, 1.165) is 132 Å². The molecule has 10 bridgehead atoms. The zero-order valence-electron chi connectivity index (χ0n) is 49.2. The monoisotopic (exact) mass is 1150 g/mol. The highest BCUT2D eigenvalue weighted by atomic mass is 16.5. The molecule has 6 aliphatic heterocycles. The van der Waals surface area contributed by atoms with Crippen molar-refractivity contribution >= 4 is 22.7 Å². The lowest BCUT2D eigenvalue weighted by Crippen LogP contribution is -2.64. The summed E-state index contributed by atoms with van der Waals surface area (Å²) in [6.07, 6.45) is 27.7. The van der Waals surface area contributed by atoms with Crippen LogP contribution in [0.15, 0.2) is 127 Å². The third kappa shape index (κ3) is 9.69. The van der Waals surface area contributed by atoms with Crippen LogP contribution < -0.4 is 15.4 Å². The molecule has 7 N–H and O–H groups in total. The van der Waals surface area contributed by atoms with E-state index in [-0.39, 0.29) is 77.4 Å². The number of nitrogens with one attached hydrogen (secondary N) is 2. The van der Waals surface area contributed by atoms with E-state index in [1.165, 1.54) is 41.5 Å². The Morgan fingerprint density at radius 2 is 1.70 bits per heavy atom. The smallest absolute Gasteiger partial charge is 0.168 e. The van der Waals surface area contributed by atoms with E-state index in [1.807, 2.05) is 24.3 Å². The number of ether oxygens (including phenoxy) is 4. The van der Waals surface area contributed by atoms with E-state index >= 15 is 0 Å². The van der Waals surface area contributed by atoms with E-state index in [9.17, 15) is 25.5 Å². The first-order chi connectivity index (χ1) is 42.0. The summed E-state index contributed by atoms with van der Waals surface area (Å²) in [6.45, 7) is 0.939. The molecule has 5 aromatic carbocycles. The topological polar surface area (TPSA) is 167 Å². The molecule has 86 heavy (non-hydrogen) atoms. The molecule has 0 radical (unpaired) electrons. The first kappa shape index (κ1) is 55.5. The number of nitrogens with zero attached hydrogens (tertiary/aromatic N) is 1. The Bertz CT molecular complexity index is 3820. The van der Waals surface area contributed by atoms with Crippen molar-refractivity contribution in [2.75, 3.05) is 20.4 Å². The van der Waals surface area contributed by atoms with E-state index < -0.39 is 12.2 Å². The van der Waals surface area contributed by atoms with Gasteiger partial charge in [-0.1, -0.05) is 104 Å². The van der Waals surface area contributed by atoms with Crippen molar-refractivity contribution in [3.8, 4) is 34.8 Å².